The highest BCUT2D eigenvalue weighted by molar-refractivity contribution is 6.29. The minimum atomic E-state index is -0.485. The largest absolute Gasteiger partial charge is 0.463 e. The maximum Gasteiger partial charge on any atom is 0.374 e. The molecule has 0 aromatic carbocycles. The average Bonchev–Trinajstić information content (AvgIpc) is 2.64. The van der Waals surface area contributed by atoms with Gasteiger partial charge in [-0.05, 0) is 6.07 Å². The van der Waals surface area contributed by atoms with E-state index in [1.54, 1.807) is 6.07 Å². The van der Waals surface area contributed by atoms with E-state index in [0.717, 1.165) is 5.56 Å². The summed E-state index contributed by atoms with van der Waals surface area (Å²) < 4.78 is 9.56. The van der Waals surface area contributed by atoms with E-state index in [2.05, 4.69) is 16.6 Å². The standard InChI is InChI=1S/C10H12ClNO3/c1-7(11)5-12-6-8-3-4-15-9(8)10(13)14-2/h3-4,12H,1,5-6H2,2H3. The fraction of sp³-hybridized carbons (Fsp3) is 0.300. The number of hydrogen-bond acceptors (Lipinski definition) is 4. The molecule has 0 aliphatic heterocycles. The lowest BCUT2D eigenvalue weighted by molar-refractivity contribution is 0.0563. The molecule has 0 radical (unpaired) electrons. The maximum absolute atomic E-state index is 11.2. The zero-order valence-electron chi connectivity index (χ0n) is 8.38. The maximum atomic E-state index is 11.2. The zero-order valence-corrected chi connectivity index (χ0v) is 9.13. The molecule has 0 spiro atoms. The predicted molar refractivity (Wildman–Crippen MR) is 56.7 cm³/mol. The van der Waals surface area contributed by atoms with Crippen LogP contribution in [0.2, 0.25) is 0 Å². The first-order valence-corrected chi connectivity index (χ1v) is 4.71. The quantitative estimate of drug-likeness (QED) is 0.784. The van der Waals surface area contributed by atoms with Gasteiger partial charge in [0.15, 0.2) is 0 Å². The van der Waals surface area contributed by atoms with Crippen LogP contribution in [-0.4, -0.2) is 19.6 Å². The molecule has 0 aliphatic carbocycles. The molecule has 4 nitrogen and oxygen atoms in total. The summed E-state index contributed by atoms with van der Waals surface area (Å²) in [4.78, 5) is 11.2. The van der Waals surface area contributed by atoms with Gasteiger partial charge in [-0.1, -0.05) is 18.2 Å². The van der Waals surface area contributed by atoms with Gasteiger partial charge in [-0.3, -0.25) is 0 Å². The highest BCUT2D eigenvalue weighted by Gasteiger charge is 2.14. The SMILES string of the molecule is C=C(Cl)CNCc1ccoc1C(=O)OC. The number of furan rings is 1. The van der Waals surface area contributed by atoms with Crippen LogP contribution in [-0.2, 0) is 11.3 Å². The number of esters is 1. The molecule has 0 saturated heterocycles. The Hall–Kier alpha value is -1.26. The highest BCUT2D eigenvalue weighted by atomic mass is 35.5. The summed E-state index contributed by atoms with van der Waals surface area (Å²) in [6.07, 6.45) is 1.44. The first-order valence-electron chi connectivity index (χ1n) is 4.34. The van der Waals surface area contributed by atoms with Crippen molar-refractivity contribution in [2.24, 2.45) is 0 Å². The molecule has 15 heavy (non-hydrogen) atoms. The highest BCUT2D eigenvalue weighted by Crippen LogP contribution is 2.11. The molecule has 0 saturated carbocycles. The van der Waals surface area contributed by atoms with Crippen LogP contribution in [0.3, 0.4) is 0 Å². The minimum Gasteiger partial charge on any atom is -0.463 e. The fourth-order valence-electron chi connectivity index (χ4n) is 1.08. The first-order chi connectivity index (χ1) is 7.15. The van der Waals surface area contributed by atoms with Gasteiger partial charge in [0.1, 0.15) is 0 Å². The number of hydrogen-bond donors (Lipinski definition) is 1. The zero-order chi connectivity index (χ0) is 11.3. The number of halogens is 1. The lowest BCUT2D eigenvalue weighted by Crippen LogP contribution is -2.16. The number of nitrogens with one attached hydrogen (secondary N) is 1. The number of ether oxygens (including phenoxy) is 1. The van der Waals surface area contributed by atoms with Gasteiger partial charge < -0.3 is 14.5 Å². The normalized spacial score (nSPS) is 10.0. The summed E-state index contributed by atoms with van der Waals surface area (Å²) >= 11 is 5.58. The van der Waals surface area contributed by atoms with Crippen LogP contribution in [0.5, 0.6) is 0 Å². The Balaban J connectivity index is 2.57. The second-order valence-electron chi connectivity index (χ2n) is 2.89. The van der Waals surface area contributed by atoms with Crippen molar-refractivity contribution in [2.75, 3.05) is 13.7 Å². The van der Waals surface area contributed by atoms with E-state index in [4.69, 9.17) is 16.0 Å². The van der Waals surface area contributed by atoms with Gasteiger partial charge >= 0.3 is 5.97 Å². The Kier molecular flexibility index (Phi) is 4.39. The molecule has 1 rings (SSSR count). The van der Waals surface area contributed by atoms with E-state index < -0.39 is 5.97 Å². The van der Waals surface area contributed by atoms with Crippen molar-refractivity contribution in [2.45, 2.75) is 6.54 Å². The van der Waals surface area contributed by atoms with Gasteiger partial charge in [0.25, 0.3) is 0 Å². The Morgan fingerprint density at radius 3 is 3.07 bits per heavy atom. The molecule has 5 heteroatoms. The van der Waals surface area contributed by atoms with Crippen molar-refractivity contribution in [3.63, 3.8) is 0 Å². The average molecular weight is 230 g/mol. The van der Waals surface area contributed by atoms with E-state index in [9.17, 15) is 4.79 Å². The molecule has 1 N–H and O–H groups in total. The number of carbonyl (C=O) groups is 1. The van der Waals surface area contributed by atoms with E-state index >= 15 is 0 Å². The van der Waals surface area contributed by atoms with Gasteiger partial charge in [-0.15, -0.1) is 0 Å². The minimum absolute atomic E-state index is 0.213. The third kappa shape index (κ3) is 3.42. The fourth-order valence-corrected chi connectivity index (χ4v) is 1.17. The van der Waals surface area contributed by atoms with E-state index in [1.807, 2.05) is 0 Å². The molecule has 0 amide bonds. The Morgan fingerprint density at radius 1 is 1.73 bits per heavy atom. The molecule has 0 unspecified atom stereocenters. The smallest absolute Gasteiger partial charge is 0.374 e. The molecule has 0 bridgehead atoms. The van der Waals surface area contributed by atoms with Crippen molar-refractivity contribution in [3.8, 4) is 0 Å². The number of methoxy groups -OCH3 is 1. The molecule has 1 aromatic heterocycles. The van der Waals surface area contributed by atoms with Crippen LogP contribution in [0.25, 0.3) is 0 Å². The molecule has 1 heterocycles. The summed E-state index contributed by atoms with van der Waals surface area (Å²) in [5.74, 6) is -0.272. The van der Waals surface area contributed by atoms with Crippen molar-refractivity contribution in [3.05, 3.63) is 35.3 Å². The van der Waals surface area contributed by atoms with Crippen LogP contribution in [0.4, 0.5) is 0 Å². The van der Waals surface area contributed by atoms with Crippen molar-refractivity contribution < 1.29 is 13.9 Å². The lowest BCUT2D eigenvalue weighted by Gasteiger charge is -2.02. The molecular weight excluding hydrogens is 218 g/mol. The second kappa shape index (κ2) is 5.58. The molecule has 0 atom stereocenters. The third-order valence-corrected chi connectivity index (χ3v) is 1.88. The molecule has 0 fully saturated rings. The van der Waals surface area contributed by atoms with Gasteiger partial charge in [-0.25, -0.2) is 4.79 Å². The number of rotatable bonds is 5. The Bertz CT molecular complexity index is 359. The van der Waals surface area contributed by atoms with Crippen molar-refractivity contribution in [1.82, 2.24) is 5.32 Å². The summed E-state index contributed by atoms with van der Waals surface area (Å²) in [6, 6.07) is 1.70. The topological polar surface area (TPSA) is 51.5 Å². The third-order valence-electron chi connectivity index (χ3n) is 1.75. The monoisotopic (exact) mass is 229 g/mol. The molecular formula is C10H12ClNO3. The summed E-state index contributed by atoms with van der Waals surface area (Å²) in [6.45, 7) is 4.49. The summed E-state index contributed by atoms with van der Waals surface area (Å²) in [5.41, 5.74) is 0.736. The summed E-state index contributed by atoms with van der Waals surface area (Å²) in [7, 11) is 1.31. The van der Waals surface area contributed by atoms with Crippen LogP contribution in [0.1, 0.15) is 16.1 Å². The first kappa shape index (κ1) is 11.8. The second-order valence-corrected chi connectivity index (χ2v) is 3.42. The van der Waals surface area contributed by atoms with Gasteiger partial charge in [0.2, 0.25) is 5.76 Å². The van der Waals surface area contributed by atoms with Crippen molar-refractivity contribution >= 4 is 17.6 Å². The predicted octanol–water partition coefficient (Wildman–Crippen LogP) is 1.91. The summed E-state index contributed by atoms with van der Waals surface area (Å²) in [5, 5.41) is 3.52. The molecule has 1 aromatic rings. The number of carbonyl (C=O) groups excluding carboxylic acids is 1. The molecule has 82 valence electrons. The van der Waals surface area contributed by atoms with Crippen LogP contribution in [0.15, 0.2) is 28.4 Å². The Labute approximate surface area is 92.9 Å². The van der Waals surface area contributed by atoms with Gasteiger partial charge in [-0.2, -0.15) is 0 Å². The van der Waals surface area contributed by atoms with Crippen LogP contribution >= 0.6 is 11.6 Å². The van der Waals surface area contributed by atoms with Crippen molar-refractivity contribution in [1.29, 1.82) is 0 Å². The van der Waals surface area contributed by atoms with Gasteiger partial charge in [0, 0.05) is 23.7 Å². The lowest BCUT2D eigenvalue weighted by atomic mass is 10.2. The van der Waals surface area contributed by atoms with E-state index in [0.29, 0.717) is 18.1 Å². The van der Waals surface area contributed by atoms with Crippen LogP contribution < -0.4 is 5.32 Å². The molecule has 0 aliphatic rings. The van der Waals surface area contributed by atoms with E-state index in [-0.39, 0.29) is 5.76 Å². The van der Waals surface area contributed by atoms with Gasteiger partial charge in [0.05, 0.1) is 13.4 Å². The Morgan fingerprint density at radius 2 is 2.47 bits per heavy atom. The van der Waals surface area contributed by atoms with Crippen LogP contribution in [0, 0.1) is 0 Å². The van der Waals surface area contributed by atoms with E-state index in [1.165, 1.54) is 13.4 Å².